The molecule has 0 bridgehead atoms. The minimum absolute atomic E-state index is 0.151. The van der Waals surface area contributed by atoms with E-state index in [1.807, 2.05) is 4.68 Å². The van der Waals surface area contributed by atoms with E-state index in [9.17, 15) is 0 Å². The molecule has 4 heteroatoms. The molecule has 16 heavy (non-hydrogen) atoms. The summed E-state index contributed by atoms with van der Waals surface area (Å²) in [6.07, 6.45) is 1.92. The minimum atomic E-state index is 0.151. The van der Waals surface area contributed by atoms with Crippen molar-refractivity contribution in [3.8, 4) is 0 Å². The van der Waals surface area contributed by atoms with Crippen molar-refractivity contribution in [3.63, 3.8) is 0 Å². The summed E-state index contributed by atoms with van der Waals surface area (Å²) in [6.45, 7) is 8.97. The second kappa shape index (κ2) is 6.66. The Morgan fingerprint density at radius 3 is 2.50 bits per heavy atom. The van der Waals surface area contributed by atoms with Crippen LogP contribution in [0.2, 0.25) is 0 Å². The standard InChI is InChI=1S/C12H23N3O/c1-4-11-10(9-13-6-3)12(5-2)15(14-11)7-8-16/h13,16H,4-9H2,1-3H3. The van der Waals surface area contributed by atoms with Gasteiger partial charge in [-0.05, 0) is 19.4 Å². The molecule has 0 aliphatic rings. The van der Waals surface area contributed by atoms with Gasteiger partial charge in [0.05, 0.1) is 18.8 Å². The van der Waals surface area contributed by atoms with Crippen LogP contribution in [0.1, 0.15) is 37.7 Å². The van der Waals surface area contributed by atoms with Gasteiger partial charge in [0.1, 0.15) is 0 Å². The van der Waals surface area contributed by atoms with Crippen LogP contribution in [0.3, 0.4) is 0 Å². The molecule has 0 aliphatic heterocycles. The third-order valence-corrected chi connectivity index (χ3v) is 2.78. The van der Waals surface area contributed by atoms with Crippen molar-refractivity contribution in [1.29, 1.82) is 0 Å². The quantitative estimate of drug-likeness (QED) is 0.731. The van der Waals surface area contributed by atoms with Gasteiger partial charge in [0.15, 0.2) is 0 Å². The number of hydrogen-bond donors (Lipinski definition) is 2. The Labute approximate surface area is 97.7 Å². The molecule has 1 heterocycles. The van der Waals surface area contributed by atoms with Crippen molar-refractivity contribution in [3.05, 3.63) is 17.0 Å². The minimum Gasteiger partial charge on any atom is -0.394 e. The van der Waals surface area contributed by atoms with Gasteiger partial charge in [-0.2, -0.15) is 5.10 Å². The summed E-state index contributed by atoms with van der Waals surface area (Å²) in [5, 5.41) is 16.9. The van der Waals surface area contributed by atoms with Crippen LogP contribution in [0.4, 0.5) is 0 Å². The maximum Gasteiger partial charge on any atom is 0.0669 e. The SMILES string of the molecule is CCNCc1c(CC)nn(CCO)c1CC. The Hall–Kier alpha value is -0.870. The van der Waals surface area contributed by atoms with Gasteiger partial charge in [0.2, 0.25) is 0 Å². The first-order valence-corrected chi connectivity index (χ1v) is 6.17. The van der Waals surface area contributed by atoms with Crippen LogP contribution >= 0.6 is 0 Å². The topological polar surface area (TPSA) is 50.1 Å². The fraction of sp³-hybridized carbons (Fsp3) is 0.750. The van der Waals surface area contributed by atoms with E-state index in [1.165, 1.54) is 11.3 Å². The number of nitrogens with one attached hydrogen (secondary N) is 1. The molecule has 1 rings (SSSR count). The van der Waals surface area contributed by atoms with E-state index in [-0.39, 0.29) is 6.61 Å². The first kappa shape index (κ1) is 13.2. The Morgan fingerprint density at radius 1 is 1.25 bits per heavy atom. The zero-order valence-corrected chi connectivity index (χ0v) is 10.6. The number of aryl methyl sites for hydroxylation is 1. The summed E-state index contributed by atoms with van der Waals surface area (Å²) in [5.74, 6) is 0. The molecule has 0 amide bonds. The highest BCUT2D eigenvalue weighted by molar-refractivity contribution is 5.26. The molecule has 0 radical (unpaired) electrons. The molecule has 0 saturated heterocycles. The van der Waals surface area contributed by atoms with Crippen LogP contribution in [0, 0.1) is 0 Å². The summed E-state index contributed by atoms with van der Waals surface area (Å²) in [7, 11) is 0. The van der Waals surface area contributed by atoms with Crippen molar-refractivity contribution in [2.45, 2.75) is 46.7 Å². The molecule has 0 fully saturated rings. The Morgan fingerprint density at radius 2 is 2.00 bits per heavy atom. The molecule has 0 spiro atoms. The van der Waals surface area contributed by atoms with Crippen LogP contribution in [0.25, 0.3) is 0 Å². The number of nitrogens with zero attached hydrogens (tertiary/aromatic N) is 2. The monoisotopic (exact) mass is 225 g/mol. The number of rotatable bonds is 7. The normalized spacial score (nSPS) is 11.0. The second-order valence-corrected chi connectivity index (χ2v) is 3.81. The van der Waals surface area contributed by atoms with Crippen LogP contribution in [0.5, 0.6) is 0 Å². The highest BCUT2D eigenvalue weighted by Gasteiger charge is 2.14. The van der Waals surface area contributed by atoms with E-state index in [4.69, 9.17) is 5.11 Å². The Kier molecular flexibility index (Phi) is 5.49. The number of aliphatic hydroxyl groups is 1. The molecule has 0 saturated carbocycles. The molecule has 4 nitrogen and oxygen atoms in total. The summed E-state index contributed by atoms with van der Waals surface area (Å²) in [4.78, 5) is 0. The average molecular weight is 225 g/mol. The fourth-order valence-electron chi connectivity index (χ4n) is 2.00. The number of aromatic nitrogens is 2. The van der Waals surface area contributed by atoms with Crippen LogP contribution in [-0.4, -0.2) is 28.0 Å². The van der Waals surface area contributed by atoms with Crippen molar-refractivity contribution >= 4 is 0 Å². The zero-order valence-electron chi connectivity index (χ0n) is 10.6. The van der Waals surface area contributed by atoms with Gasteiger partial charge in [-0.1, -0.05) is 20.8 Å². The van der Waals surface area contributed by atoms with E-state index in [0.29, 0.717) is 6.54 Å². The lowest BCUT2D eigenvalue weighted by Gasteiger charge is -2.07. The number of aliphatic hydroxyl groups excluding tert-OH is 1. The first-order valence-electron chi connectivity index (χ1n) is 6.17. The van der Waals surface area contributed by atoms with Crippen molar-refractivity contribution in [2.75, 3.05) is 13.2 Å². The zero-order chi connectivity index (χ0) is 12.0. The van der Waals surface area contributed by atoms with Crippen LogP contribution < -0.4 is 5.32 Å². The maximum atomic E-state index is 9.01. The van der Waals surface area contributed by atoms with E-state index < -0.39 is 0 Å². The van der Waals surface area contributed by atoms with Crippen molar-refractivity contribution in [2.24, 2.45) is 0 Å². The summed E-state index contributed by atoms with van der Waals surface area (Å²) in [6, 6.07) is 0. The molecule has 0 aliphatic carbocycles. The Balaban J connectivity index is 2.99. The van der Waals surface area contributed by atoms with Gasteiger partial charge < -0.3 is 10.4 Å². The van der Waals surface area contributed by atoms with E-state index in [2.05, 4.69) is 31.2 Å². The highest BCUT2D eigenvalue weighted by atomic mass is 16.3. The van der Waals surface area contributed by atoms with E-state index in [1.54, 1.807) is 0 Å². The average Bonchev–Trinajstić information content (AvgIpc) is 2.64. The smallest absolute Gasteiger partial charge is 0.0669 e. The predicted octanol–water partition coefficient (Wildman–Crippen LogP) is 1.11. The molecule has 2 N–H and O–H groups in total. The molecular weight excluding hydrogens is 202 g/mol. The van der Waals surface area contributed by atoms with Gasteiger partial charge in [0, 0.05) is 17.8 Å². The van der Waals surface area contributed by atoms with Gasteiger partial charge in [-0.25, -0.2) is 0 Å². The maximum absolute atomic E-state index is 9.01. The van der Waals surface area contributed by atoms with Gasteiger partial charge in [-0.3, -0.25) is 4.68 Å². The largest absolute Gasteiger partial charge is 0.394 e. The van der Waals surface area contributed by atoms with Crippen LogP contribution in [0.15, 0.2) is 0 Å². The highest BCUT2D eigenvalue weighted by Crippen LogP contribution is 2.16. The lowest BCUT2D eigenvalue weighted by molar-refractivity contribution is 0.267. The van der Waals surface area contributed by atoms with E-state index in [0.717, 1.165) is 31.6 Å². The van der Waals surface area contributed by atoms with E-state index >= 15 is 0 Å². The molecule has 0 atom stereocenters. The fourth-order valence-corrected chi connectivity index (χ4v) is 2.00. The summed E-state index contributed by atoms with van der Waals surface area (Å²) in [5.41, 5.74) is 3.73. The van der Waals surface area contributed by atoms with Gasteiger partial charge in [0.25, 0.3) is 0 Å². The van der Waals surface area contributed by atoms with Gasteiger partial charge >= 0.3 is 0 Å². The van der Waals surface area contributed by atoms with Crippen LogP contribution in [-0.2, 0) is 25.9 Å². The molecule has 92 valence electrons. The lowest BCUT2D eigenvalue weighted by atomic mass is 10.1. The third-order valence-electron chi connectivity index (χ3n) is 2.78. The number of hydrogen-bond acceptors (Lipinski definition) is 3. The van der Waals surface area contributed by atoms with Gasteiger partial charge in [-0.15, -0.1) is 0 Å². The first-order chi connectivity index (χ1) is 7.78. The Bertz CT molecular complexity index is 320. The summed E-state index contributed by atoms with van der Waals surface area (Å²) >= 11 is 0. The molecule has 1 aromatic heterocycles. The second-order valence-electron chi connectivity index (χ2n) is 3.81. The lowest BCUT2D eigenvalue weighted by Crippen LogP contribution is -2.14. The van der Waals surface area contributed by atoms with Crippen molar-refractivity contribution in [1.82, 2.24) is 15.1 Å². The summed E-state index contributed by atoms with van der Waals surface area (Å²) < 4.78 is 1.95. The molecular formula is C12H23N3O. The molecule has 0 unspecified atom stereocenters. The third kappa shape index (κ3) is 2.83. The molecule has 0 aromatic carbocycles. The van der Waals surface area contributed by atoms with Crippen molar-refractivity contribution < 1.29 is 5.11 Å². The molecule has 1 aromatic rings. The predicted molar refractivity (Wildman–Crippen MR) is 65.4 cm³/mol.